The third kappa shape index (κ3) is 5.94. The number of likely N-dealkylation sites (tertiary alicyclic amines) is 1. The number of hydrogen-bond donors (Lipinski definition) is 0. The molecule has 1 aliphatic carbocycles. The summed E-state index contributed by atoms with van der Waals surface area (Å²) < 4.78 is 108. The maximum atomic E-state index is 13.3. The van der Waals surface area contributed by atoms with Gasteiger partial charge in [-0.2, -0.15) is 17.5 Å². The molecule has 2 fully saturated rings. The minimum Gasteiger partial charge on any atom is -0.406 e. The van der Waals surface area contributed by atoms with Crippen LogP contribution in [0.3, 0.4) is 0 Å². The molecule has 4 rings (SSSR count). The number of benzene rings is 2. The molecule has 2 aromatic carbocycles. The zero-order valence-electron chi connectivity index (χ0n) is 18.7. The van der Waals surface area contributed by atoms with Crippen LogP contribution in [0.15, 0.2) is 53.4 Å². The Kier molecular flexibility index (Phi) is 6.99. The van der Waals surface area contributed by atoms with E-state index in [1.54, 1.807) is 0 Å². The number of amides is 1. The van der Waals surface area contributed by atoms with E-state index in [2.05, 4.69) is 4.74 Å². The molecule has 0 aromatic heterocycles. The fraction of sp³-hybridized carbons (Fsp3) is 0.435. The van der Waals surface area contributed by atoms with Crippen LogP contribution in [0.2, 0.25) is 0 Å². The summed E-state index contributed by atoms with van der Waals surface area (Å²) in [5.74, 6) is -0.886. The molecule has 0 atom stereocenters. The minimum absolute atomic E-state index is 0.151. The van der Waals surface area contributed by atoms with Crippen molar-refractivity contribution in [3.8, 4) is 5.75 Å². The Bertz CT molecular complexity index is 1200. The molecule has 0 unspecified atom stereocenters. The maximum Gasteiger partial charge on any atom is 0.573 e. The van der Waals surface area contributed by atoms with Crippen molar-refractivity contribution < 1.29 is 44.3 Å². The second-order valence-electron chi connectivity index (χ2n) is 8.69. The zero-order valence-corrected chi connectivity index (χ0v) is 19.5. The molecular formula is C23H22F6N2O4S. The van der Waals surface area contributed by atoms with Gasteiger partial charge in [0.1, 0.15) is 5.75 Å². The van der Waals surface area contributed by atoms with Gasteiger partial charge in [-0.05, 0) is 68.1 Å². The van der Waals surface area contributed by atoms with Crippen LogP contribution >= 0.6 is 0 Å². The molecule has 0 bridgehead atoms. The summed E-state index contributed by atoms with van der Waals surface area (Å²) in [6, 6.07) is 7.34. The number of carbonyl (C=O) groups is 1. The molecule has 196 valence electrons. The maximum absolute atomic E-state index is 13.3. The van der Waals surface area contributed by atoms with Gasteiger partial charge in [-0.3, -0.25) is 4.79 Å². The highest BCUT2D eigenvalue weighted by Crippen LogP contribution is 2.38. The highest BCUT2D eigenvalue weighted by atomic mass is 32.2. The van der Waals surface area contributed by atoms with Crippen molar-refractivity contribution in [3.05, 3.63) is 59.7 Å². The van der Waals surface area contributed by atoms with E-state index in [9.17, 15) is 39.6 Å². The lowest BCUT2D eigenvalue weighted by Gasteiger charge is -2.38. The second kappa shape index (κ2) is 9.58. The van der Waals surface area contributed by atoms with E-state index in [0.717, 1.165) is 30.3 Å². The van der Waals surface area contributed by atoms with Crippen molar-refractivity contribution >= 4 is 15.9 Å². The Labute approximate surface area is 203 Å². The number of rotatable bonds is 6. The Morgan fingerprint density at radius 1 is 0.889 bits per heavy atom. The topological polar surface area (TPSA) is 66.9 Å². The molecular weight excluding hydrogens is 514 g/mol. The van der Waals surface area contributed by atoms with Crippen molar-refractivity contribution in [2.75, 3.05) is 13.1 Å². The van der Waals surface area contributed by atoms with Gasteiger partial charge in [0, 0.05) is 30.7 Å². The fourth-order valence-electron chi connectivity index (χ4n) is 4.28. The number of ether oxygens (including phenoxy) is 1. The van der Waals surface area contributed by atoms with E-state index < -0.39 is 50.7 Å². The summed E-state index contributed by atoms with van der Waals surface area (Å²) in [6.07, 6.45) is -7.79. The summed E-state index contributed by atoms with van der Waals surface area (Å²) in [7, 11) is -4.21. The number of alkyl halides is 6. The lowest BCUT2D eigenvalue weighted by atomic mass is 10.0. The molecule has 2 aliphatic rings. The molecule has 0 spiro atoms. The van der Waals surface area contributed by atoms with Gasteiger partial charge < -0.3 is 9.64 Å². The molecule has 1 saturated carbocycles. The third-order valence-corrected chi connectivity index (χ3v) is 8.09. The first-order valence-electron chi connectivity index (χ1n) is 11.1. The van der Waals surface area contributed by atoms with Crippen molar-refractivity contribution in [1.29, 1.82) is 0 Å². The first kappa shape index (κ1) is 26.3. The van der Waals surface area contributed by atoms with Gasteiger partial charge in [-0.1, -0.05) is 6.07 Å². The SMILES string of the molecule is O=C(c1ccc(OC(F)(F)F)cc1)N1CCC(N(C2CC2)S(=O)(=O)c2cccc(C(F)(F)F)c2)CC1. The monoisotopic (exact) mass is 536 g/mol. The van der Waals surface area contributed by atoms with Gasteiger partial charge in [-0.15, -0.1) is 13.2 Å². The average molecular weight is 536 g/mol. The van der Waals surface area contributed by atoms with Crippen LogP contribution < -0.4 is 4.74 Å². The lowest BCUT2D eigenvalue weighted by Crippen LogP contribution is -2.49. The summed E-state index contributed by atoms with van der Waals surface area (Å²) >= 11 is 0. The van der Waals surface area contributed by atoms with Crippen LogP contribution in [-0.4, -0.2) is 55.1 Å². The van der Waals surface area contributed by atoms with Gasteiger partial charge in [0.2, 0.25) is 10.0 Å². The Morgan fingerprint density at radius 3 is 2.00 bits per heavy atom. The van der Waals surface area contributed by atoms with Gasteiger partial charge in [0.15, 0.2) is 0 Å². The molecule has 0 N–H and O–H groups in total. The van der Waals surface area contributed by atoms with E-state index in [4.69, 9.17) is 0 Å². The quantitative estimate of drug-likeness (QED) is 0.484. The molecule has 1 saturated heterocycles. The molecule has 1 amide bonds. The van der Waals surface area contributed by atoms with Gasteiger partial charge in [0.25, 0.3) is 5.91 Å². The molecule has 1 aliphatic heterocycles. The molecule has 36 heavy (non-hydrogen) atoms. The van der Waals surface area contributed by atoms with Crippen molar-refractivity contribution in [2.45, 2.75) is 55.2 Å². The number of hydrogen-bond acceptors (Lipinski definition) is 4. The van der Waals surface area contributed by atoms with E-state index in [1.807, 2.05) is 0 Å². The first-order valence-corrected chi connectivity index (χ1v) is 12.6. The van der Waals surface area contributed by atoms with Crippen molar-refractivity contribution in [3.63, 3.8) is 0 Å². The second-order valence-corrected chi connectivity index (χ2v) is 10.5. The normalized spacial score (nSPS) is 17.9. The van der Waals surface area contributed by atoms with E-state index in [-0.39, 0.29) is 37.5 Å². The predicted molar refractivity (Wildman–Crippen MR) is 116 cm³/mol. The summed E-state index contributed by atoms with van der Waals surface area (Å²) in [5, 5.41) is 0. The first-order chi connectivity index (χ1) is 16.8. The lowest BCUT2D eigenvalue weighted by molar-refractivity contribution is -0.274. The smallest absolute Gasteiger partial charge is 0.406 e. The van der Waals surface area contributed by atoms with Crippen LogP contribution in [-0.2, 0) is 16.2 Å². The molecule has 13 heteroatoms. The Balaban J connectivity index is 1.45. The summed E-state index contributed by atoms with van der Waals surface area (Å²) in [4.78, 5) is 13.8. The predicted octanol–water partition coefficient (Wildman–Crippen LogP) is 5.06. The summed E-state index contributed by atoms with van der Waals surface area (Å²) in [6.45, 7) is 0.372. The van der Waals surface area contributed by atoms with Crippen LogP contribution in [0, 0.1) is 0 Å². The zero-order chi connectivity index (χ0) is 26.3. The third-order valence-electron chi connectivity index (χ3n) is 6.09. The standard InChI is InChI=1S/C23H22F6N2O4S/c24-22(25,26)16-2-1-3-20(14-16)36(33,34)31(17-6-7-17)18-10-12-30(13-11-18)21(32)15-4-8-19(9-5-15)35-23(27,28)29/h1-5,8-9,14,17-18H,6-7,10-13H2. The summed E-state index contributed by atoms with van der Waals surface area (Å²) in [5.41, 5.74) is -0.898. The molecule has 2 aromatic rings. The average Bonchev–Trinajstić information content (AvgIpc) is 3.63. The number of piperidine rings is 1. The van der Waals surface area contributed by atoms with Crippen LogP contribution in [0.4, 0.5) is 26.3 Å². The van der Waals surface area contributed by atoms with Gasteiger partial charge in [-0.25, -0.2) is 8.42 Å². The Morgan fingerprint density at radius 2 is 1.47 bits per heavy atom. The van der Waals surface area contributed by atoms with Gasteiger partial charge in [0.05, 0.1) is 10.5 Å². The molecule has 1 heterocycles. The number of halogens is 6. The van der Waals surface area contributed by atoms with Crippen molar-refractivity contribution in [1.82, 2.24) is 9.21 Å². The van der Waals surface area contributed by atoms with Crippen LogP contribution in [0.5, 0.6) is 5.75 Å². The highest BCUT2D eigenvalue weighted by molar-refractivity contribution is 7.89. The van der Waals surface area contributed by atoms with E-state index >= 15 is 0 Å². The number of sulfonamides is 1. The highest BCUT2D eigenvalue weighted by Gasteiger charge is 2.44. The van der Waals surface area contributed by atoms with Crippen LogP contribution in [0.1, 0.15) is 41.6 Å². The van der Waals surface area contributed by atoms with E-state index in [1.165, 1.54) is 21.3 Å². The van der Waals surface area contributed by atoms with Crippen LogP contribution in [0.25, 0.3) is 0 Å². The minimum atomic E-state index is -4.85. The van der Waals surface area contributed by atoms with E-state index in [0.29, 0.717) is 18.9 Å². The van der Waals surface area contributed by atoms with Gasteiger partial charge >= 0.3 is 12.5 Å². The number of nitrogens with zero attached hydrogens (tertiary/aromatic N) is 2. The largest absolute Gasteiger partial charge is 0.573 e. The fourth-order valence-corrected chi connectivity index (χ4v) is 6.26. The van der Waals surface area contributed by atoms with Crippen molar-refractivity contribution in [2.24, 2.45) is 0 Å². The number of carbonyl (C=O) groups excluding carboxylic acids is 1. The Hall–Kier alpha value is -2.80. The molecule has 6 nitrogen and oxygen atoms in total. The molecule has 0 radical (unpaired) electrons.